The van der Waals surface area contributed by atoms with Crippen LogP contribution in [0.15, 0.2) is 152 Å². The van der Waals surface area contributed by atoms with Crippen molar-refractivity contribution in [2.24, 2.45) is 0 Å². The van der Waals surface area contributed by atoms with Crippen molar-refractivity contribution in [3.8, 4) is 44.0 Å². The van der Waals surface area contributed by atoms with Gasteiger partial charge >= 0.3 is 0 Å². The van der Waals surface area contributed by atoms with Crippen molar-refractivity contribution >= 4 is 75.5 Å². The Morgan fingerprint density at radius 1 is 0.635 bits per heavy atom. The lowest BCUT2D eigenvalue weighted by Crippen LogP contribution is -2.39. The molecule has 244 valence electrons. The molecule has 2 aliphatic carbocycles. The highest BCUT2D eigenvalue weighted by atomic mass is 32.1. The molecule has 0 amide bonds. The zero-order chi connectivity index (χ0) is 34.1. The van der Waals surface area contributed by atoms with Crippen molar-refractivity contribution in [1.29, 1.82) is 0 Å². The highest BCUT2D eigenvalue weighted by Gasteiger charge is 2.48. The van der Waals surface area contributed by atoms with Crippen LogP contribution < -0.4 is 4.90 Å². The quantitative estimate of drug-likeness (QED) is 0.184. The van der Waals surface area contributed by atoms with Gasteiger partial charge in [-0.15, -0.1) is 22.7 Å². The largest absolute Gasteiger partial charge is 0.302 e. The monoisotopic (exact) mass is 699 g/mol. The van der Waals surface area contributed by atoms with E-state index in [1.807, 2.05) is 11.3 Å². The zero-order valence-electron chi connectivity index (χ0n) is 28.2. The van der Waals surface area contributed by atoms with Crippen molar-refractivity contribution < 1.29 is 0 Å². The van der Waals surface area contributed by atoms with Gasteiger partial charge in [-0.25, -0.2) is 9.97 Å². The van der Waals surface area contributed by atoms with Gasteiger partial charge in [-0.05, 0) is 64.2 Å². The van der Waals surface area contributed by atoms with Crippen LogP contribution in [0.4, 0.5) is 11.6 Å². The van der Waals surface area contributed by atoms with Crippen molar-refractivity contribution in [3.05, 3.63) is 157 Å². The molecule has 12 rings (SSSR count). The van der Waals surface area contributed by atoms with E-state index in [4.69, 9.17) is 9.97 Å². The van der Waals surface area contributed by atoms with Gasteiger partial charge in [0.2, 0.25) is 5.95 Å². The summed E-state index contributed by atoms with van der Waals surface area (Å²) in [5.41, 5.74) is 11.9. The standard InChI is InChI=1S/C47H29N3S2/c1-47-25-10-9-20-39(47)50(46-48-42(27-12-3-2-4-13-27)45-43(49-46)32-15-6-8-19-38(32)52-45)36-24-21-28(26-35(36)47)29-22-23-34-40-30(29)16-11-17-33(40)41-31-14-5-7-18-37(31)51-44(34)41/h2-26,39H,1H3. The normalized spacial score (nSPS) is 18.2. The van der Waals surface area contributed by atoms with Crippen LogP contribution >= 0.6 is 22.7 Å². The van der Waals surface area contributed by atoms with E-state index in [0.717, 1.165) is 33.1 Å². The summed E-state index contributed by atoms with van der Waals surface area (Å²) in [4.78, 5) is 14.6. The number of hydrogen-bond acceptors (Lipinski definition) is 5. The molecule has 3 nitrogen and oxygen atoms in total. The maximum atomic E-state index is 5.42. The van der Waals surface area contributed by atoms with Gasteiger partial charge in [0.05, 0.1) is 22.0 Å². The van der Waals surface area contributed by atoms with E-state index in [1.54, 1.807) is 11.3 Å². The SMILES string of the molecule is CC12C=CC=CC1N(c1nc(-c3ccccc3)c3sc4ccccc4c3n1)c1ccc(-c3ccc4c5c(cccc35)-c3c-4sc4ccccc34)cc12. The van der Waals surface area contributed by atoms with Crippen LogP contribution in [0.3, 0.4) is 0 Å². The molecule has 0 radical (unpaired) electrons. The zero-order valence-corrected chi connectivity index (χ0v) is 29.8. The van der Waals surface area contributed by atoms with E-state index in [-0.39, 0.29) is 11.5 Å². The molecule has 2 unspecified atom stereocenters. The molecule has 5 heteroatoms. The fourth-order valence-corrected chi connectivity index (χ4v) is 11.5. The van der Waals surface area contributed by atoms with Gasteiger partial charge < -0.3 is 4.90 Å². The predicted molar refractivity (Wildman–Crippen MR) is 221 cm³/mol. The maximum Gasteiger partial charge on any atom is 0.231 e. The fraction of sp³-hybridized carbons (Fsp3) is 0.0638. The van der Waals surface area contributed by atoms with Gasteiger partial charge in [0.25, 0.3) is 0 Å². The van der Waals surface area contributed by atoms with E-state index in [9.17, 15) is 0 Å². The second-order valence-electron chi connectivity index (χ2n) is 14.3. The topological polar surface area (TPSA) is 29.0 Å². The third kappa shape index (κ3) is 3.74. The molecule has 6 aromatic carbocycles. The second kappa shape index (κ2) is 10.3. The molecule has 0 fully saturated rings. The summed E-state index contributed by atoms with van der Waals surface area (Å²) in [5, 5.41) is 5.21. The Morgan fingerprint density at radius 2 is 1.40 bits per heavy atom. The van der Waals surface area contributed by atoms with Crippen LogP contribution in [0, 0.1) is 0 Å². The molecule has 1 aliphatic heterocycles. The number of nitrogens with zero attached hydrogens (tertiary/aromatic N) is 3. The summed E-state index contributed by atoms with van der Waals surface area (Å²) in [7, 11) is 0. The lowest BCUT2D eigenvalue weighted by molar-refractivity contribution is 0.547. The van der Waals surface area contributed by atoms with E-state index in [0.29, 0.717) is 0 Å². The molecule has 3 aromatic heterocycles. The first-order chi connectivity index (χ1) is 25.7. The van der Waals surface area contributed by atoms with Gasteiger partial charge in [-0.1, -0.05) is 127 Å². The van der Waals surface area contributed by atoms with Crippen LogP contribution in [-0.2, 0) is 5.41 Å². The molecular formula is C47H29N3S2. The summed E-state index contributed by atoms with van der Waals surface area (Å²) in [6, 6.07) is 46.6. The molecule has 0 saturated carbocycles. The van der Waals surface area contributed by atoms with Crippen LogP contribution in [-0.4, -0.2) is 16.0 Å². The third-order valence-corrected chi connectivity index (χ3v) is 13.9. The minimum atomic E-state index is -0.264. The highest BCUT2D eigenvalue weighted by molar-refractivity contribution is 7.26. The van der Waals surface area contributed by atoms with Gasteiger partial charge in [-0.3, -0.25) is 0 Å². The average molecular weight is 700 g/mol. The summed E-state index contributed by atoms with van der Waals surface area (Å²) in [6.07, 6.45) is 9.06. The Kier molecular flexibility index (Phi) is 5.73. The van der Waals surface area contributed by atoms with Crippen LogP contribution in [0.5, 0.6) is 0 Å². The van der Waals surface area contributed by atoms with Gasteiger partial charge in [0.1, 0.15) is 0 Å². The van der Waals surface area contributed by atoms with Gasteiger partial charge in [0, 0.05) is 52.8 Å². The number of rotatable bonds is 3. The average Bonchev–Trinajstić information content (AvgIpc) is 3.92. The number of benzene rings is 6. The highest BCUT2D eigenvalue weighted by Crippen LogP contribution is 2.57. The van der Waals surface area contributed by atoms with E-state index >= 15 is 0 Å². The van der Waals surface area contributed by atoms with Crippen molar-refractivity contribution in [2.75, 3.05) is 4.90 Å². The Bertz CT molecular complexity index is 3060. The minimum Gasteiger partial charge on any atom is -0.302 e. The molecule has 0 N–H and O–H groups in total. The summed E-state index contributed by atoms with van der Waals surface area (Å²) in [5.74, 6) is 0.737. The number of anilines is 2. The molecule has 0 spiro atoms. The van der Waals surface area contributed by atoms with Crippen LogP contribution in [0.1, 0.15) is 12.5 Å². The molecule has 52 heavy (non-hydrogen) atoms. The number of aromatic nitrogens is 2. The molecule has 0 saturated heterocycles. The van der Waals surface area contributed by atoms with Crippen molar-refractivity contribution in [2.45, 2.75) is 18.4 Å². The Balaban J connectivity index is 1.06. The van der Waals surface area contributed by atoms with E-state index in [2.05, 4.69) is 164 Å². The molecule has 9 aromatic rings. The number of allylic oxidation sites excluding steroid dienone is 2. The molecule has 2 atom stereocenters. The summed E-state index contributed by atoms with van der Waals surface area (Å²) in [6.45, 7) is 2.37. The van der Waals surface area contributed by atoms with Crippen molar-refractivity contribution in [1.82, 2.24) is 9.97 Å². The van der Waals surface area contributed by atoms with Crippen molar-refractivity contribution in [3.63, 3.8) is 0 Å². The number of thiophene rings is 2. The number of fused-ring (bicyclic) bond motifs is 11. The Hall–Kier alpha value is -5.88. The smallest absolute Gasteiger partial charge is 0.231 e. The Morgan fingerprint density at radius 3 is 2.29 bits per heavy atom. The Labute approximate surface area is 308 Å². The predicted octanol–water partition coefficient (Wildman–Crippen LogP) is 13.1. The van der Waals surface area contributed by atoms with E-state index in [1.165, 1.54) is 69.2 Å². The molecule has 3 aliphatic rings. The molecule has 0 bridgehead atoms. The second-order valence-corrected chi connectivity index (χ2v) is 16.4. The first-order valence-electron chi connectivity index (χ1n) is 17.8. The van der Waals surface area contributed by atoms with Gasteiger partial charge in [-0.2, -0.15) is 0 Å². The first kappa shape index (κ1) is 28.8. The van der Waals surface area contributed by atoms with E-state index < -0.39 is 0 Å². The summed E-state index contributed by atoms with van der Waals surface area (Å²) >= 11 is 3.69. The van der Waals surface area contributed by atoms with Crippen LogP contribution in [0.2, 0.25) is 0 Å². The fourth-order valence-electron chi connectivity index (χ4n) is 9.09. The van der Waals surface area contributed by atoms with Crippen LogP contribution in [0.25, 0.3) is 85.1 Å². The number of hydrogen-bond donors (Lipinski definition) is 0. The lowest BCUT2D eigenvalue weighted by atomic mass is 9.75. The molecular weight excluding hydrogens is 671 g/mol. The third-order valence-electron chi connectivity index (χ3n) is 11.5. The first-order valence-corrected chi connectivity index (χ1v) is 19.4. The summed E-state index contributed by atoms with van der Waals surface area (Å²) < 4.78 is 3.71. The van der Waals surface area contributed by atoms with Gasteiger partial charge in [0.15, 0.2) is 0 Å². The lowest BCUT2D eigenvalue weighted by Gasteiger charge is -2.33. The minimum absolute atomic E-state index is 0.0331. The molecule has 4 heterocycles. The maximum absolute atomic E-state index is 5.42.